The molecule has 1 aromatic carbocycles. The van der Waals surface area contributed by atoms with Crippen LogP contribution in [0.3, 0.4) is 0 Å². The average molecular weight is 342 g/mol. The van der Waals surface area contributed by atoms with E-state index in [1.807, 2.05) is 6.92 Å². The molecule has 2 aromatic rings. The largest absolute Gasteiger partial charge is 0.435 e. The minimum Gasteiger partial charge on any atom is -0.435 e. The van der Waals surface area contributed by atoms with Crippen molar-refractivity contribution >= 4 is 22.4 Å². The summed E-state index contributed by atoms with van der Waals surface area (Å²) >= 11 is 1.35. The number of methoxy groups -OCH3 is 1. The number of benzene rings is 1. The predicted molar refractivity (Wildman–Crippen MR) is 84.0 cm³/mol. The van der Waals surface area contributed by atoms with E-state index in [4.69, 9.17) is 4.74 Å². The van der Waals surface area contributed by atoms with Gasteiger partial charge in [0.15, 0.2) is 5.13 Å². The first-order valence-electron chi connectivity index (χ1n) is 6.81. The van der Waals surface area contributed by atoms with Gasteiger partial charge >= 0.3 is 6.61 Å². The van der Waals surface area contributed by atoms with Crippen LogP contribution in [0.25, 0.3) is 11.3 Å². The standard InChI is InChI=1S/C15H16F2N2O3S/c1-9-13(10-3-5-11(6-4-10)22-14(16)17)19-15(23-9)18-12(20)7-8-21-2/h3-6,14H,7-8H2,1-2H3,(H,18,19,20). The van der Waals surface area contributed by atoms with E-state index in [1.54, 1.807) is 12.1 Å². The van der Waals surface area contributed by atoms with Gasteiger partial charge in [0.1, 0.15) is 5.75 Å². The lowest BCUT2D eigenvalue weighted by atomic mass is 10.1. The van der Waals surface area contributed by atoms with E-state index in [-0.39, 0.29) is 18.1 Å². The Bertz CT molecular complexity index is 659. The van der Waals surface area contributed by atoms with Gasteiger partial charge in [0, 0.05) is 17.6 Å². The molecule has 1 aromatic heterocycles. The van der Waals surface area contributed by atoms with E-state index in [1.165, 1.54) is 30.6 Å². The van der Waals surface area contributed by atoms with Gasteiger partial charge in [0.25, 0.3) is 0 Å². The minimum absolute atomic E-state index is 0.0877. The number of hydrogen-bond donors (Lipinski definition) is 1. The number of hydrogen-bond acceptors (Lipinski definition) is 5. The van der Waals surface area contributed by atoms with Crippen LogP contribution in [0.1, 0.15) is 11.3 Å². The number of nitrogens with zero attached hydrogens (tertiary/aromatic N) is 1. The Kier molecular flexibility index (Phi) is 6.00. The van der Waals surface area contributed by atoms with Gasteiger partial charge in [0.05, 0.1) is 18.7 Å². The molecule has 1 amide bonds. The topological polar surface area (TPSA) is 60.5 Å². The third-order valence-electron chi connectivity index (χ3n) is 2.93. The molecule has 0 saturated carbocycles. The molecule has 0 atom stereocenters. The lowest BCUT2D eigenvalue weighted by Gasteiger charge is -2.05. The second-order valence-corrected chi connectivity index (χ2v) is 5.82. The summed E-state index contributed by atoms with van der Waals surface area (Å²) in [4.78, 5) is 17.0. The normalized spacial score (nSPS) is 10.8. The molecule has 1 heterocycles. The maximum Gasteiger partial charge on any atom is 0.387 e. The van der Waals surface area contributed by atoms with Gasteiger partial charge in [-0.3, -0.25) is 4.79 Å². The number of amides is 1. The maximum absolute atomic E-state index is 12.1. The second kappa shape index (κ2) is 7.98. The first kappa shape index (κ1) is 17.3. The second-order valence-electron chi connectivity index (χ2n) is 4.62. The fourth-order valence-corrected chi connectivity index (χ4v) is 2.74. The van der Waals surface area contributed by atoms with E-state index in [0.29, 0.717) is 17.4 Å². The van der Waals surface area contributed by atoms with Crippen LogP contribution in [0.15, 0.2) is 24.3 Å². The van der Waals surface area contributed by atoms with Crippen LogP contribution in [-0.4, -0.2) is 31.2 Å². The zero-order chi connectivity index (χ0) is 16.8. The fourth-order valence-electron chi connectivity index (χ4n) is 1.89. The molecule has 2 rings (SSSR count). The number of halogens is 2. The van der Waals surface area contributed by atoms with E-state index >= 15 is 0 Å². The van der Waals surface area contributed by atoms with E-state index in [2.05, 4.69) is 15.0 Å². The maximum atomic E-state index is 12.1. The van der Waals surface area contributed by atoms with Crippen molar-refractivity contribution in [3.63, 3.8) is 0 Å². The number of carbonyl (C=O) groups is 1. The molecular formula is C15H16F2N2O3S. The molecule has 0 radical (unpaired) electrons. The van der Waals surface area contributed by atoms with Crippen molar-refractivity contribution in [1.82, 2.24) is 4.98 Å². The highest BCUT2D eigenvalue weighted by molar-refractivity contribution is 7.16. The summed E-state index contributed by atoms with van der Waals surface area (Å²) in [5, 5.41) is 3.20. The smallest absolute Gasteiger partial charge is 0.387 e. The molecule has 23 heavy (non-hydrogen) atoms. The lowest BCUT2D eigenvalue weighted by Crippen LogP contribution is -2.13. The van der Waals surface area contributed by atoms with Gasteiger partial charge in [-0.15, -0.1) is 11.3 Å². The first-order chi connectivity index (χ1) is 11.0. The SMILES string of the molecule is COCCC(=O)Nc1nc(-c2ccc(OC(F)F)cc2)c(C)s1. The van der Waals surface area contributed by atoms with E-state index < -0.39 is 6.61 Å². The van der Waals surface area contributed by atoms with Gasteiger partial charge in [-0.2, -0.15) is 8.78 Å². The Balaban J connectivity index is 2.09. The van der Waals surface area contributed by atoms with Gasteiger partial charge in [-0.25, -0.2) is 4.98 Å². The summed E-state index contributed by atoms with van der Waals surface area (Å²) in [6.45, 7) is -0.633. The zero-order valence-electron chi connectivity index (χ0n) is 12.6. The Morgan fingerprint density at radius 2 is 2.04 bits per heavy atom. The van der Waals surface area contributed by atoms with Crippen LogP contribution in [0, 0.1) is 6.92 Å². The summed E-state index contributed by atoms with van der Waals surface area (Å²) < 4.78 is 33.4. The molecule has 8 heteroatoms. The van der Waals surface area contributed by atoms with Crippen molar-refractivity contribution in [2.45, 2.75) is 20.0 Å². The number of carbonyl (C=O) groups excluding carboxylic acids is 1. The molecule has 0 unspecified atom stereocenters. The van der Waals surface area contributed by atoms with Crippen molar-refractivity contribution < 1.29 is 23.0 Å². The van der Waals surface area contributed by atoms with Crippen molar-refractivity contribution in [1.29, 1.82) is 0 Å². The van der Waals surface area contributed by atoms with Crippen LogP contribution in [0.2, 0.25) is 0 Å². The van der Waals surface area contributed by atoms with Crippen molar-refractivity contribution in [3.8, 4) is 17.0 Å². The molecule has 5 nitrogen and oxygen atoms in total. The van der Waals surface area contributed by atoms with E-state index in [0.717, 1.165) is 10.4 Å². The monoisotopic (exact) mass is 342 g/mol. The highest BCUT2D eigenvalue weighted by atomic mass is 32.1. The molecule has 0 aliphatic rings. The number of aryl methyl sites for hydroxylation is 1. The first-order valence-corrected chi connectivity index (χ1v) is 7.62. The van der Waals surface area contributed by atoms with Crippen molar-refractivity contribution in [2.24, 2.45) is 0 Å². The number of ether oxygens (including phenoxy) is 2. The minimum atomic E-state index is -2.85. The van der Waals surface area contributed by atoms with Crippen LogP contribution < -0.4 is 10.1 Å². The predicted octanol–water partition coefficient (Wildman–Crippen LogP) is 3.69. The van der Waals surface area contributed by atoms with Gasteiger partial charge in [-0.05, 0) is 31.2 Å². The summed E-state index contributed by atoms with van der Waals surface area (Å²) in [7, 11) is 1.53. The quantitative estimate of drug-likeness (QED) is 0.833. The van der Waals surface area contributed by atoms with Crippen LogP contribution in [-0.2, 0) is 9.53 Å². The molecule has 124 valence electrons. The molecule has 0 saturated heterocycles. The summed E-state index contributed by atoms with van der Waals surface area (Å²) in [5.41, 5.74) is 1.46. The van der Waals surface area contributed by atoms with Crippen LogP contribution >= 0.6 is 11.3 Å². The number of aromatic nitrogens is 1. The Hall–Kier alpha value is -2.06. The summed E-state index contributed by atoms with van der Waals surface area (Å²) in [6, 6.07) is 6.21. The molecule has 0 bridgehead atoms. The lowest BCUT2D eigenvalue weighted by molar-refractivity contribution is -0.117. The summed E-state index contributed by atoms with van der Waals surface area (Å²) in [6.07, 6.45) is 0.254. The Labute approximate surface area is 136 Å². The van der Waals surface area contributed by atoms with Crippen molar-refractivity contribution in [3.05, 3.63) is 29.1 Å². The summed E-state index contributed by atoms with van der Waals surface area (Å²) in [5.74, 6) is -0.0856. The highest BCUT2D eigenvalue weighted by Crippen LogP contribution is 2.31. The molecule has 1 N–H and O–H groups in total. The van der Waals surface area contributed by atoms with Gasteiger partial charge in [-0.1, -0.05) is 0 Å². The molecule has 0 spiro atoms. The van der Waals surface area contributed by atoms with Crippen LogP contribution in [0.4, 0.5) is 13.9 Å². The van der Waals surface area contributed by atoms with E-state index in [9.17, 15) is 13.6 Å². The molecule has 0 fully saturated rings. The molecule has 0 aliphatic carbocycles. The number of rotatable bonds is 7. The van der Waals surface area contributed by atoms with Gasteiger partial charge < -0.3 is 14.8 Å². The van der Waals surface area contributed by atoms with Gasteiger partial charge in [0.2, 0.25) is 5.91 Å². The average Bonchev–Trinajstić information content (AvgIpc) is 2.86. The molecular weight excluding hydrogens is 326 g/mol. The van der Waals surface area contributed by atoms with Crippen molar-refractivity contribution in [2.75, 3.05) is 19.0 Å². The number of thiazole rings is 1. The Morgan fingerprint density at radius 1 is 1.35 bits per heavy atom. The van der Waals surface area contributed by atoms with Crippen LogP contribution in [0.5, 0.6) is 5.75 Å². The molecule has 0 aliphatic heterocycles. The highest BCUT2D eigenvalue weighted by Gasteiger charge is 2.12. The zero-order valence-corrected chi connectivity index (χ0v) is 13.5. The number of alkyl halides is 2. The number of anilines is 1. The number of nitrogens with one attached hydrogen (secondary N) is 1. The third kappa shape index (κ3) is 4.97. The Morgan fingerprint density at radius 3 is 2.65 bits per heavy atom. The fraction of sp³-hybridized carbons (Fsp3) is 0.333. The third-order valence-corrected chi connectivity index (χ3v) is 3.82.